The summed E-state index contributed by atoms with van der Waals surface area (Å²) >= 11 is 6.26. The van der Waals surface area contributed by atoms with Crippen molar-refractivity contribution in [3.63, 3.8) is 0 Å². The number of likely N-dealkylation sites (N-methyl/N-ethyl adjacent to an activating group) is 1. The summed E-state index contributed by atoms with van der Waals surface area (Å²) < 4.78 is 13.2. The van der Waals surface area contributed by atoms with Crippen molar-refractivity contribution in [3.8, 4) is 11.3 Å². The van der Waals surface area contributed by atoms with Gasteiger partial charge in [-0.2, -0.15) is 5.10 Å². The minimum Gasteiger partial charge on any atom is -0.378 e. The lowest BCUT2D eigenvalue weighted by molar-refractivity contribution is 0.00457. The predicted molar refractivity (Wildman–Crippen MR) is 104 cm³/mol. The summed E-state index contributed by atoms with van der Waals surface area (Å²) in [4.78, 5) is 2.33. The Bertz CT molecular complexity index is 949. The van der Waals surface area contributed by atoms with E-state index in [9.17, 15) is 0 Å². The van der Waals surface area contributed by atoms with Gasteiger partial charge in [-0.3, -0.25) is 9.58 Å². The van der Waals surface area contributed by atoms with Gasteiger partial charge in [0.15, 0.2) is 5.76 Å². The summed E-state index contributed by atoms with van der Waals surface area (Å²) in [5, 5.41) is 9.60. The Labute approximate surface area is 163 Å². The standard InChI is InChI=1S/C20H23ClN4O2/c1-13-20(18-12-26-9-8-24(18)3)14(2)25(22-13)11-15-10-19(27-23-15)16-6-4-5-7-17(16)21/h4-7,10,18H,8-9,11-12H2,1-3H3. The van der Waals surface area contributed by atoms with Gasteiger partial charge < -0.3 is 9.26 Å². The molecule has 1 fully saturated rings. The molecular formula is C20H23ClN4O2. The van der Waals surface area contributed by atoms with E-state index in [2.05, 4.69) is 31.0 Å². The number of nitrogens with zero attached hydrogens (tertiary/aromatic N) is 4. The molecule has 0 saturated carbocycles. The van der Waals surface area contributed by atoms with Crippen molar-refractivity contribution < 1.29 is 9.26 Å². The minimum absolute atomic E-state index is 0.239. The van der Waals surface area contributed by atoms with Gasteiger partial charge in [-0.15, -0.1) is 0 Å². The molecule has 0 radical (unpaired) electrons. The smallest absolute Gasteiger partial charge is 0.168 e. The summed E-state index contributed by atoms with van der Waals surface area (Å²) in [5.41, 5.74) is 5.07. The molecule has 3 heterocycles. The number of rotatable bonds is 4. The van der Waals surface area contributed by atoms with Crippen molar-refractivity contribution in [3.05, 3.63) is 58.0 Å². The quantitative estimate of drug-likeness (QED) is 0.681. The molecule has 1 aromatic carbocycles. The van der Waals surface area contributed by atoms with Crippen LogP contribution in [0.3, 0.4) is 0 Å². The average molecular weight is 387 g/mol. The van der Waals surface area contributed by atoms with E-state index in [-0.39, 0.29) is 6.04 Å². The molecule has 0 N–H and O–H groups in total. The van der Waals surface area contributed by atoms with Gasteiger partial charge in [0.1, 0.15) is 5.69 Å². The van der Waals surface area contributed by atoms with Crippen molar-refractivity contribution >= 4 is 11.6 Å². The van der Waals surface area contributed by atoms with E-state index in [4.69, 9.17) is 26.0 Å². The van der Waals surface area contributed by atoms with E-state index in [0.717, 1.165) is 35.8 Å². The van der Waals surface area contributed by atoms with Gasteiger partial charge in [0.25, 0.3) is 0 Å². The van der Waals surface area contributed by atoms with Crippen molar-refractivity contribution in [2.24, 2.45) is 0 Å². The van der Waals surface area contributed by atoms with Gasteiger partial charge >= 0.3 is 0 Å². The van der Waals surface area contributed by atoms with E-state index in [1.807, 2.05) is 35.0 Å². The topological polar surface area (TPSA) is 56.3 Å². The van der Waals surface area contributed by atoms with Crippen LogP contribution in [0.5, 0.6) is 0 Å². The zero-order chi connectivity index (χ0) is 19.0. The first kappa shape index (κ1) is 18.2. The monoisotopic (exact) mass is 386 g/mol. The van der Waals surface area contributed by atoms with E-state index < -0.39 is 0 Å². The Morgan fingerprint density at radius 2 is 2.07 bits per heavy atom. The zero-order valence-corrected chi connectivity index (χ0v) is 16.5. The van der Waals surface area contributed by atoms with E-state index in [0.29, 0.717) is 23.9 Å². The molecule has 0 bridgehead atoms. The highest BCUT2D eigenvalue weighted by molar-refractivity contribution is 6.33. The molecule has 4 rings (SSSR count). The number of aromatic nitrogens is 3. The van der Waals surface area contributed by atoms with E-state index in [1.54, 1.807) is 0 Å². The lowest BCUT2D eigenvalue weighted by Gasteiger charge is -2.32. The zero-order valence-electron chi connectivity index (χ0n) is 15.8. The number of hydrogen-bond acceptors (Lipinski definition) is 5. The molecule has 3 aromatic rings. The van der Waals surface area contributed by atoms with Crippen LogP contribution in [0.25, 0.3) is 11.3 Å². The molecule has 142 valence electrons. The second-order valence-electron chi connectivity index (χ2n) is 6.98. The molecule has 1 saturated heterocycles. The predicted octanol–water partition coefficient (Wildman–Crippen LogP) is 3.86. The van der Waals surface area contributed by atoms with Crippen molar-refractivity contribution in [2.45, 2.75) is 26.4 Å². The molecule has 0 aliphatic carbocycles. The van der Waals surface area contributed by atoms with E-state index >= 15 is 0 Å². The largest absolute Gasteiger partial charge is 0.378 e. The molecule has 7 heteroatoms. The van der Waals surface area contributed by atoms with Crippen LogP contribution in [0.15, 0.2) is 34.9 Å². The number of aryl methyl sites for hydroxylation is 1. The summed E-state index contributed by atoms with van der Waals surface area (Å²) in [6, 6.07) is 9.75. The third-order valence-electron chi connectivity index (χ3n) is 5.18. The number of ether oxygens (including phenoxy) is 1. The molecule has 0 spiro atoms. The Morgan fingerprint density at radius 3 is 2.85 bits per heavy atom. The van der Waals surface area contributed by atoms with Gasteiger partial charge in [0.05, 0.1) is 36.5 Å². The molecule has 1 unspecified atom stereocenters. The van der Waals surface area contributed by atoms with Crippen LogP contribution in [-0.4, -0.2) is 46.6 Å². The lowest BCUT2D eigenvalue weighted by Crippen LogP contribution is -2.37. The number of hydrogen-bond donors (Lipinski definition) is 0. The van der Waals surface area contributed by atoms with Crippen LogP contribution in [0.2, 0.25) is 5.02 Å². The third-order valence-corrected chi connectivity index (χ3v) is 5.51. The van der Waals surface area contributed by atoms with Gasteiger partial charge in [-0.25, -0.2) is 0 Å². The van der Waals surface area contributed by atoms with Crippen molar-refractivity contribution in [1.29, 1.82) is 0 Å². The molecule has 1 aliphatic rings. The number of halogens is 1. The molecule has 6 nitrogen and oxygen atoms in total. The Kier molecular flexibility index (Phi) is 5.04. The van der Waals surface area contributed by atoms with Crippen molar-refractivity contribution in [2.75, 3.05) is 26.8 Å². The highest BCUT2D eigenvalue weighted by Gasteiger charge is 2.27. The van der Waals surface area contributed by atoms with Crippen LogP contribution >= 0.6 is 11.6 Å². The Balaban J connectivity index is 1.59. The second kappa shape index (κ2) is 7.46. The van der Waals surface area contributed by atoms with Gasteiger partial charge in [0, 0.05) is 29.4 Å². The maximum Gasteiger partial charge on any atom is 0.168 e. The van der Waals surface area contributed by atoms with Crippen LogP contribution in [0, 0.1) is 13.8 Å². The maximum absolute atomic E-state index is 6.26. The highest BCUT2D eigenvalue weighted by atomic mass is 35.5. The van der Waals surface area contributed by atoms with Gasteiger partial charge in [-0.1, -0.05) is 28.9 Å². The van der Waals surface area contributed by atoms with Crippen LogP contribution in [0.1, 0.15) is 28.7 Å². The van der Waals surface area contributed by atoms with Crippen LogP contribution in [-0.2, 0) is 11.3 Å². The van der Waals surface area contributed by atoms with Crippen LogP contribution in [0.4, 0.5) is 0 Å². The summed E-state index contributed by atoms with van der Waals surface area (Å²) in [6.07, 6.45) is 0. The first-order chi connectivity index (χ1) is 13.0. The fourth-order valence-electron chi connectivity index (χ4n) is 3.67. The normalized spacial score (nSPS) is 18.1. The van der Waals surface area contributed by atoms with Crippen LogP contribution < -0.4 is 0 Å². The Morgan fingerprint density at radius 1 is 1.26 bits per heavy atom. The maximum atomic E-state index is 6.26. The first-order valence-corrected chi connectivity index (χ1v) is 9.44. The third kappa shape index (κ3) is 3.52. The summed E-state index contributed by atoms with van der Waals surface area (Å²) in [6.45, 7) is 7.12. The molecule has 1 aliphatic heterocycles. The Hall–Kier alpha value is -2.15. The SMILES string of the molecule is Cc1nn(Cc2cc(-c3ccccc3Cl)on2)c(C)c1C1COCCN1C. The fraction of sp³-hybridized carbons (Fsp3) is 0.400. The fourth-order valence-corrected chi connectivity index (χ4v) is 3.89. The second-order valence-corrected chi connectivity index (χ2v) is 7.38. The molecule has 0 amide bonds. The van der Waals surface area contributed by atoms with Crippen molar-refractivity contribution in [1.82, 2.24) is 19.8 Å². The number of benzene rings is 1. The molecule has 27 heavy (non-hydrogen) atoms. The summed E-state index contributed by atoms with van der Waals surface area (Å²) in [5.74, 6) is 0.665. The molecule has 2 aromatic heterocycles. The van der Waals surface area contributed by atoms with Gasteiger partial charge in [0.2, 0.25) is 0 Å². The summed E-state index contributed by atoms with van der Waals surface area (Å²) in [7, 11) is 2.14. The van der Waals surface area contributed by atoms with E-state index in [1.165, 1.54) is 5.56 Å². The molecular weight excluding hydrogens is 364 g/mol. The molecule has 1 atom stereocenters. The van der Waals surface area contributed by atoms with Gasteiger partial charge in [-0.05, 0) is 33.0 Å². The average Bonchev–Trinajstić information content (AvgIpc) is 3.21. The highest BCUT2D eigenvalue weighted by Crippen LogP contribution is 2.30. The lowest BCUT2D eigenvalue weighted by atomic mass is 10.0. The number of morpholine rings is 1. The first-order valence-electron chi connectivity index (χ1n) is 9.07. The minimum atomic E-state index is 0.239.